The van der Waals surface area contributed by atoms with Crippen molar-refractivity contribution in [3.05, 3.63) is 40.0 Å². The van der Waals surface area contributed by atoms with Gasteiger partial charge in [0.05, 0.1) is 28.3 Å². The van der Waals surface area contributed by atoms with Gasteiger partial charge in [0.15, 0.2) is 10.9 Å². The third-order valence-electron chi connectivity index (χ3n) is 12.5. The number of rotatable bonds is 2. The van der Waals surface area contributed by atoms with Gasteiger partial charge in [0, 0.05) is 18.5 Å². The summed E-state index contributed by atoms with van der Waals surface area (Å²) < 4.78 is 13.5. The van der Waals surface area contributed by atoms with E-state index in [-0.39, 0.29) is 11.2 Å². The van der Waals surface area contributed by atoms with Crippen molar-refractivity contribution in [3.8, 4) is 0 Å². The lowest BCUT2D eigenvalue weighted by atomic mass is 9.47. The summed E-state index contributed by atoms with van der Waals surface area (Å²) in [7, 11) is 0. The molecule has 4 aliphatic carbocycles. The van der Waals surface area contributed by atoms with Gasteiger partial charge in [0.2, 0.25) is 0 Å². The highest BCUT2D eigenvalue weighted by molar-refractivity contribution is 7.16. The molecule has 1 N–H and O–H groups in total. The number of thiazole rings is 1. The highest BCUT2D eigenvalue weighted by atomic mass is 35.5. The molecule has 0 radical (unpaired) electrons. The number of pyridine rings is 1. The van der Waals surface area contributed by atoms with Crippen LogP contribution in [0.5, 0.6) is 0 Å². The lowest BCUT2D eigenvalue weighted by molar-refractivity contribution is -0.272. The molecule has 2 saturated carbocycles. The fraction of sp³-hybridized carbons (Fsp3) is 0.697. The molecule has 40 heavy (non-hydrogen) atoms. The maximum atomic E-state index is 6.98. The van der Waals surface area contributed by atoms with E-state index < -0.39 is 0 Å². The quantitative estimate of drug-likeness (QED) is 0.386. The Morgan fingerprint density at radius 2 is 1.98 bits per heavy atom. The van der Waals surface area contributed by atoms with Gasteiger partial charge in [-0.15, -0.1) is 0 Å². The Hall–Kier alpha value is -1.47. The number of fused-ring (bicyclic) bond motifs is 9. The number of allylic oxidation sites excluding steroid dienone is 2. The summed E-state index contributed by atoms with van der Waals surface area (Å²) in [4.78, 5) is 10.8. The average Bonchev–Trinajstić information content (AvgIpc) is 3.56. The van der Waals surface area contributed by atoms with Crippen LogP contribution in [0.15, 0.2) is 24.4 Å². The average molecular weight is 580 g/mol. The predicted octanol–water partition coefficient (Wildman–Crippen LogP) is 8.52. The number of nitrogens with one attached hydrogen (secondary N) is 1. The zero-order valence-corrected chi connectivity index (χ0v) is 25.8. The van der Waals surface area contributed by atoms with Gasteiger partial charge in [-0.25, -0.2) is 9.97 Å². The second kappa shape index (κ2) is 9.02. The van der Waals surface area contributed by atoms with Crippen molar-refractivity contribution in [1.29, 1.82) is 0 Å². The topological polar surface area (TPSA) is 56.3 Å². The van der Waals surface area contributed by atoms with Crippen LogP contribution in [0.4, 0.5) is 10.9 Å². The Morgan fingerprint density at radius 3 is 2.75 bits per heavy atom. The summed E-state index contributed by atoms with van der Waals surface area (Å²) in [6.45, 7) is 10.8. The van der Waals surface area contributed by atoms with E-state index in [9.17, 15) is 0 Å². The molecule has 0 amide bonds. The molecule has 4 heterocycles. The van der Waals surface area contributed by atoms with E-state index in [1.807, 2.05) is 12.1 Å². The van der Waals surface area contributed by atoms with Crippen molar-refractivity contribution in [1.82, 2.24) is 9.97 Å². The number of anilines is 2. The van der Waals surface area contributed by atoms with Gasteiger partial charge in [0.25, 0.3) is 0 Å². The van der Waals surface area contributed by atoms with Gasteiger partial charge in [-0.3, -0.25) is 0 Å². The van der Waals surface area contributed by atoms with Crippen LogP contribution in [0.2, 0.25) is 5.02 Å². The lowest BCUT2D eigenvalue weighted by Crippen LogP contribution is -2.51. The largest absolute Gasteiger partial charge is 0.349 e. The summed E-state index contributed by atoms with van der Waals surface area (Å²) >= 11 is 7.84. The highest BCUT2D eigenvalue weighted by Gasteiger charge is 2.68. The van der Waals surface area contributed by atoms with Crippen LogP contribution in [0, 0.1) is 46.3 Å². The summed E-state index contributed by atoms with van der Waals surface area (Å²) in [5, 5.41) is 5.01. The molecule has 0 bridgehead atoms. The minimum atomic E-state index is -0.322. The molecule has 1 unspecified atom stereocenters. The van der Waals surface area contributed by atoms with Crippen molar-refractivity contribution in [2.45, 2.75) is 91.0 Å². The molecule has 7 heteroatoms. The second-order valence-electron chi connectivity index (χ2n) is 14.4. The molecule has 1 spiro atoms. The number of ether oxygens (including phenoxy) is 2. The molecule has 4 fully saturated rings. The van der Waals surface area contributed by atoms with E-state index in [1.54, 1.807) is 23.1 Å². The molecule has 10 atom stereocenters. The Kier molecular flexibility index (Phi) is 5.90. The van der Waals surface area contributed by atoms with E-state index in [4.69, 9.17) is 26.1 Å². The van der Waals surface area contributed by atoms with Crippen LogP contribution >= 0.6 is 22.9 Å². The molecule has 2 aromatic rings. The molecule has 2 aliphatic heterocycles. The number of hydrogen-bond donors (Lipinski definition) is 1. The van der Waals surface area contributed by atoms with Gasteiger partial charge >= 0.3 is 0 Å². The first-order chi connectivity index (χ1) is 19.2. The number of nitrogens with zero attached hydrogens (tertiary/aromatic N) is 2. The Morgan fingerprint density at radius 1 is 1.10 bits per heavy atom. The van der Waals surface area contributed by atoms with Crippen LogP contribution in [0.1, 0.15) is 83.2 Å². The third kappa shape index (κ3) is 3.64. The molecular formula is C33H42ClN3O2S. The maximum absolute atomic E-state index is 6.98. The molecule has 6 aliphatic rings. The van der Waals surface area contributed by atoms with E-state index in [0.717, 1.165) is 48.2 Å². The minimum Gasteiger partial charge on any atom is -0.349 e. The zero-order valence-electron chi connectivity index (χ0n) is 24.2. The normalized spacial score (nSPS) is 45.2. The third-order valence-corrected chi connectivity index (χ3v) is 13.8. The van der Waals surface area contributed by atoms with Crippen molar-refractivity contribution >= 4 is 39.5 Å². The fourth-order valence-corrected chi connectivity index (χ4v) is 11.8. The van der Waals surface area contributed by atoms with Crippen LogP contribution < -0.4 is 5.32 Å². The number of aromatic nitrogens is 2. The number of aryl methyl sites for hydroxylation is 1. The number of halogens is 1. The SMILES string of the molecule is CC1[C@H]2[C@H](C[C@H]3[C@@H]4CC=C5c6sc(Nc7ccc(Cl)cn7)nc6CC[C@]5(C)[C@H]4CC[C@@]32C)O[C@]12CC[C@@H](C)CO2. The first-order valence-electron chi connectivity index (χ1n) is 15.6. The monoisotopic (exact) mass is 579 g/mol. The van der Waals surface area contributed by atoms with Crippen molar-refractivity contribution < 1.29 is 9.47 Å². The van der Waals surface area contributed by atoms with E-state index in [1.165, 1.54) is 49.1 Å². The van der Waals surface area contributed by atoms with Gasteiger partial charge in [0.1, 0.15) is 5.82 Å². The van der Waals surface area contributed by atoms with Crippen LogP contribution in [0.25, 0.3) is 5.57 Å². The molecule has 0 aromatic carbocycles. The van der Waals surface area contributed by atoms with Crippen LogP contribution in [-0.2, 0) is 15.9 Å². The van der Waals surface area contributed by atoms with Crippen molar-refractivity contribution in [2.75, 3.05) is 11.9 Å². The van der Waals surface area contributed by atoms with E-state index in [0.29, 0.717) is 34.3 Å². The summed E-state index contributed by atoms with van der Waals surface area (Å²) in [6, 6.07) is 3.79. The predicted molar refractivity (Wildman–Crippen MR) is 161 cm³/mol. The molecule has 8 rings (SSSR count). The summed E-state index contributed by atoms with van der Waals surface area (Å²) in [5.41, 5.74) is 3.41. The van der Waals surface area contributed by atoms with E-state index in [2.05, 4.69) is 44.1 Å². The van der Waals surface area contributed by atoms with E-state index >= 15 is 0 Å². The van der Waals surface area contributed by atoms with Crippen LogP contribution in [-0.4, -0.2) is 28.5 Å². The van der Waals surface area contributed by atoms with Gasteiger partial charge in [-0.05, 0) is 103 Å². The first kappa shape index (κ1) is 26.2. The Bertz CT molecular complexity index is 1350. The van der Waals surface area contributed by atoms with Crippen molar-refractivity contribution in [3.63, 3.8) is 0 Å². The second-order valence-corrected chi connectivity index (χ2v) is 15.9. The fourth-order valence-electron chi connectivity index (χ4n) is 10.5. The Balaban J connectivity index is 1.06. The first-order valence-corrected chi connectivity index (χ1v) is 16.8. The molecule has 2 aromatic heterocycles. The highest BCUT2D eigenvalue weighted by Crippen LogP contribution is 2.71. The van der Waals surface area contributed by atoms with Crippen molar-refractivity contribution in [2.24, 2.45) is 46.3 Å². The maximum Gasteiger partial charge on any atom is 0.189 e. The smallest absolute Gasteiger partial charge is 0.189 e. The molecule has 214 valence electrons. The van der Waals surface area contributed by atoms with Gasteiger partial charge in [-0.2, -0.15) is 0 Å². The molecular weight excluding hydrogens is 538 g/mol. The number of hydrogen-bond acceptors (Lipinski definition) is 6. The summed E-state index contributed by atoms with van der Waals surface area (Å²) in [5.74, 6) is 4.47. The molecule has 5 nitrogen and oxygen atoms in total. The minimum absolute atomic E-state index is 0.230. The van der Waals surface area contributed by atoms with Crippen LogP contribution in [0.3, 0.4) is 0 Å². The molecule has 2 saturated heterocycles. The standard InChI is InChI=1S/C33H42ClN3O2S/c1-18-9-14-33(38-17-18)19(2)28-26(39-33)15-24-21-6-7-23-29-25(11-13-31(23,3)22(21)10-12-32(24,28)4)36-30(40-29)37-27-8-5-20(34)16-35-27/h5,7-8,16,18-19,21-22,24,26,28H,6,9-15,17H2,1-4H3,(H,35,36,37)/t18-,19?,21-,22+,24+,26+,28+,31-,32+,33-/m1/s1. The Labute approximate surface area is 247 Å². The summed E-state index contributed by atoms with van der Waals surface area (Å²) in [6.07, 6.45) is 14.3. The van der Waals surface area contributed by atoms with Gasteiger partial charge < -0.3 is 14.8 Å². The lowest BCUT2D eigenvalue weighted by Gasteiger charge is -2.57. The zero-order chi connectivity index (χ0) is 27.4. The van der Waals surface area contributed by atoms with Gasteiger partial charge in [-0.1, -0.05) is 56.7 Å².